The van der Waals surface area contributed by atoms with Gasteiger partial charge in [-0.05, 0) is 123 Å². The number of carbonyl (C=O) groups excluding carboxylic acids is 3. The van der Waals surface area contributed by atoms with Crippen LogP contribution in [0.15, 0.2) is 127 Å². The minimum Gasteiger partial charge on any atom is -0.497 e. The lowest BCUT2D eigenvalue weighted by Crippen LogP contribution is -2.47. The highest BCUT2D eigenvalue weighted by atomic mass is 35.5. The highest BCUT2D eigenvalue weighted by Crippen LogP contribution is 2.37. The predicted molar refractivity (Wildman–Crippen MR) is 394 cm³/mol. The lowest BCUT2D eigenvalue weighted by molar-refractivity contribution is 0.00578. The number of nitrogens with zero attached hydrogens (tertiary/aromatic N) is 20. The number of hydrogen-bond donors (Lipinski definition) is 0. The van der Waals surface area contributed by atoms with Crippen molar-refractivity contribution in [3.8, 4) is 34.0 Å². The van der Waals surface area contributed by atoms with Gasteiger partial charge in [0.15, 0.2) is 11.3 Å². The fourth-order valence-corrected chi connectivity index (χ4v) is 12.4. The van der Waals surface area contributed by atoms with Crippen LogP contribution in [0, 0.1) is 13.8 Å². The largest absolute Gasteiger partial charge is 0.497 e. The van der Waals surface area contributed by atoms with Crippen molar-refractivity contribution in [3.05, 3.63) is 179 Å². The van der Waals surface area contributed by atoms with Gasteiger partial charge in [-0.25, -0.2) is 34.3 Å². The Kier molecular flexibility index (Phi) is 22.3. The maximum atomic E-state index is 12.9. The maximum Gasteiger partial charge on any atom is 0.496 e. The Balaban J connectivity index is 0.000000133. The number of methoxy groups -OCH3 is 2. The number of carbonyl (C=O) groups is 3. The second kappa shape index (κ2) is 31.7. The lowest BCUT2D eigenvalue weighted by atomic mass is 9.80. The second-order valence-corrected chi connectivity index (χ2v) is 27.6. The highest BCUT2D eigenvalue weighted by Gasteiger charge is 2.52. The molecule has 103 heavy (non-hydrogen) atoms. The quantitative estimate of drug-likeness (QED) is 0.107. The summed E-state index contributed by atoms with van der Waals surface area (Å²) in [6, 6.07) is 22.0. The zero-order valence-electron chi connectivity index (χ0n) is 60.4. The maximum absolute atomic E-state index is 12.9. The van der Waals surface area contributed by atoms with E-state index in [2.05, 4.69) is 112 Å². The number of halogens is 1. The van der Waals surface area contributed by atoms with Crippen LogP contribution in [0.3, 0.4) is 0 Å². The Morgan fingerprint density at radius 3 is 1.36 bits per heavy atom. The summed E-state index contributed by atoms with van der Waals surface area (Å²) in [5.74, 6) is 1.43. The third-order valence-electron chi connectivity index (χ3n) is 19.4. The van der Waals surface area contributed by atoms with Crippen LogP contribution in [0.5, 0.6) is 11.5 Å². The van der Waals surface area contributed by atoms with Gasteiger partial charge in [0.25, 0.3) is 17.7 Å². The lowest BCUT2D eigenvalue weighted by Gasteiger charge is -2.32. The first-order chi connectivity index (χ1) is 49.5. The van der Waals surface area contributed by atoms with Crippen molar-refractivity contribution in [1.29, 1.82) is 0 Å². The van der Waals surface area contributed by atoms with Crippen molar-refractivity contribution in [1.82, 2.24) is 93.8 Å². The summed E-state index contributed by atoms with van der Waals surface area (Å²) in [4.78, 5) is 93.5. The van der Waals surface area contributed by atoms with E-state index in [1.165, 1.54) is 24.8 Å². The summed E-state index contributed by atoms with van der Waals surface area (Å²) in [6.07, 6.45) is 14.7. The molecule has 15 rings (SSSR count). The first-order valence-electron chi connectivity index (χ1n) is 34.3. The van der Waals surface area contributed by atoms with Crippen LogP contribution in [-0.2, 0) is 28.9 Å². The molecule has 0 atom stereocenters. The van der Waals surface area contributed by atoms with E-state index >= 15 is 0 Å². The van der Waals surface area contributed by atoms with E-state index in [0.29, 0.717) is 61.2 Å². The van der Waals surface area contributed by atoms with Gasteiger partial charge in [-0.1, -0.05) is 35.9 Å². The molecule has 8 aromatic heterocycles. The standard InChI is InChI=1S/C25H27N7O2.C21H26BN3O3.C18H20N6O.C10H13ClN4O/c1-17-21-12-19(13-27-24(21)32(29-17)16-18-4-6-20(34-3)7-5-18)22-14-26-15-23(28-22)25(33)31-10-8-30(2)9-11-31;1-14-18-11-16(22-27-20(2,3)21(4,5)28-22)12-23-19(18)25(24-14)13-15-7-9-17(26-6)10-8-15;1-12-14-7-13(8-21-16(14)11-20-12)15-9-19-10-17(22-15)18(25)24-5-3-23(2)4-6-24;1-14-2-4-15(5-3-14)10(16)8-6-12-7-9(11)13-8/h4-7,12-15H,8-11,16H2,1-3H3;7-12H,13H2,1-6H3;7-10H,3-6,11H2,1-2H3;6-7H,2-5H2,1H3. The third kappa shape index (κ3) is 17.0. The number of fused-ring (bicyclic) bond motifs is 3. The van der Waals surface area contributed by atoms with Crippen LogP contribution >= 0.6 is 11.6 Å². The molecule has 10 aromatic rings. The molecular weight excluding hydrogens is 1330 g/mol. The number of aryl methyl sites for hydroxylation is 2. The van der Waals surface area contributed by atoms with Gasteiger partial charge in [-0.15, -0.1) is 0 Å². The molecule has 0 bridgehead atoms. The Morgan fingerprint density at radius 2 is 0.913 bits per heavy atom. The Bertz CT molecular complexity index is 4710. The number of aliphatic imine (C=N–C) groups is 1. The van der Waals surface area contributed by atoms with Gasteiger partial charge < -0.3 is 48.2 Å². The van der Waals surface area contributed by atoms with Gasteiger partial charge >= 0.3 is 7.12 Å². The summed E-state index contributed by atoms with van der Waals surface area (Å²) in [5, 5.41) is 11.6. The van der Waals surface area contributed by atoms with Crippen molar-refractivity contribution >= 4 is 69.7 Å². The molecule has 0 saturated carbocycles. The van der Waals surface area contributed by atoms with Gasteiger partial charge in [-0.3, -0.25) is 39.3 Å². The first kappa shape index (κ1) is 72.7. The number of amides is 3. The van der Waals surface area contributed by atoms with Gasteiger partial charge in [0.1, 0.15) is 33.7 Å². The molecule has 2 aromatic carbocycles. The number of likely N-dealkylation sites (N-methyl/N-ethyl adjacent to an activating group) is 3. The smallest absolute Gasteiger partial charge is 0.496 e. The summed E-state index contributed by atoms with van der Waals surface area (Å²) in [6.45, 7) is 25.6. The number of rotatable bonds is 12. The van der Waals surface area contributed by atoms with Crippen molar-refractivity contribution in [3.63, 3.8) is 0 Å². The minimum atomic E-state index is -0.425. The number of ether oxygens (including phenoxy) is 2. The summed E-state index contributed by atoms with van der Waals surface area (Å²) in [5.41, 5.74) is 12.9. The summed E-state index contributed by atoms with van der Waals surface area (Å²) >= 11 is 5.70. The number of pyridine rings is 3. The molecule has 0 aliphatic carbocycles. The topological polar surface area (TPSA) is 272 Å². The minimum absolute atomic E-state index is 0.0608. The van der Waals surface area contributed by atoms with Crippen molar-refractivity contribution < 1.29 is 33.2 Å². The van der Waals surface area contributed by atoms with Crippen LogP contribution in [0.2, 0.25) is 5.15 Å². The molecule has 29 heteroatoms. The Hall–Kier alpha value is -10.1. The average molecular weight is 1410 g/mol. The van der Waals surface area contributed by atoms with E-state index in [0.717, 1.165) is 155 Å². The van der Waals surface area contributed by atoms with Gasteiger partial charge in [0.2, 0.25) is 0 Å². The molecule has 5 aliphatic rings. The number of piperazine rings is 3. The first-order valence-corrected chi connectivity index (χ1v) is 34.7. The van der Waals surface area contributed by atoms with Crippen molar-refractivity contribution in [2.45, 2.75) is 79.3 Å². The fraction of sp³-hybridized carbons (Fsp3) is 0.392. The zero-order valence-corrected chi connectivity index (χ0v) is 61.2. The average Bonchev–Trinajstić information content (AvgIpc) is 1.89. The van der Waals surface area contributed by atoms with E-state index in [1.54, 1.807) is 43.9 Å². The van der Waals surface area contributed by atoms with Crippen LogP contribution in [0.25, 0.3) is 44.6 Å². The highest BCUT2D eigenvalue weighted by molar-refractivity contribution is 6.62. The molecule has 4 saturated heterocycles. The van der Waals surface area contributed by atoms with Gasteiger partial charge in [0.05, 0.1) is 111 Å². The van der Waals surface area contributed by atoms with Crippen LogP contribution in [0.4, 0.5) is 0 Å². The van der Waals surface area contributed by atoms with E-state index in [-0.39, 0.29) is 34.1 Å². The Morgan fingerprint density at radius 1 is 0.505 bits per heavy atom. The molecular formula is C74H86BClN20O7. The van der Waals surface area contributed by atoms with E-state index in [9.17, 15) is 14.4 Å². The fourth-order valence-electron chi connectivity index (χ4n) is 12.2. The molecule has 5 aliphatic heterocycles. The molecule has 4 fully saturated rings. The van der Waals surface area contributed by atoms with Crippen molar-refractivity contribution in [2.24, 2.45) is 4.99 Å². The predicted octanol–water partition coefficient (Wildman–Crippen LogP) is 7.50. The van der Waals surface area contributed by atoms with Crippen LogP contribution in [-0.4, -0.2) is 249 Å². The molecule has 0 radical (unpaired) electrons. The molecule has 534 valence electrons. The molecule has 3 amide bonds. The molecule has 0 N–H and O–H groups in total. The van der Waals surface area contributed by atoms with Crippen LogP contribution in [0.1, 0.15) is 99.9 Å². The molecule has 0 spiro atoms. The SMILES string of the molecule is CC1=NCc2ncc(-c3cncc(C(=O)N4CCN(C)CC4)n3)cc21.CN1CCN(C(=O)c2cncc(Cl)n2)CC1.COc1ccc(Cn2nc(C)c3cc(-c4cncc(C(=O)N5CCN(C)CC5)n4)cnc32)cc1.COc1ccc(Cn2nc(C)c3cc(B4OC(C)(C)C(C)(C)O4)cnc32)cc1. The number of hydrogen-bond acceptors (Lipinski definition) is 22. The van der Waals surface area contributed by atoms with Crippen molar-refractivity contribution in [2.75, 3.05) is 114 Å². The van der Waals surface area contributed by atoms with Crippen LogP contribution < -0.4 is 14.9 Å². The summed E-state index contributed by atoms with van der Waals surface area (Å²) in [7, 11) is 9.07. The van der Waals surface area contributed by atoms with E-state index in [1.807, 2.05) is 114 Å². The van der Waals surface area contributed by atoms with Gasteiger partial charge in [-0.2, -0.15) is 10.2 Å². The second-order valence-electron chi connectivity index (χ2n) is 27.2. The molecule has 27 nitrogen and oxygen atoms in total. The number of benzene rings is 2. The van der Waals surface area contributed by atoms with Gasteiger partial charge in [0, 0.05) is 136 Å². The van der Waals surface area contributed by atoms with E-state index in [4.69, 9.17) is 40.6 Å². The molecule has 13 heterocycles. The number of aromatic nitrogens is 13. The monoisotopic (exact) mass is 1410 g/mol. The molecule has 0 unspecified atom stereocenters. The summed E-state index contributed by atoms with van der Waals surface area (Å²) < 4.78 is 26.6. The van der Waals surface area contributed by atoms with E-state index < -0.39 is 7.12 Å². The zero-order chi connectivity index (χ0) is 72.7. The third-order valence-corrected chi connectivity index (χ3v) is 19.6. The normalized spacial score (nSPS) is 16.6. The Labute approximate surface area is 604 Å².